The van der Waals surface area contributed by atoms with Gasteiger partial charge in [-0.05, 0) is 6.42 Å². The zero-order valence-corrected chi connectivity index (χ0v) is 6.08. The fourth-order valence-corrected chi connectivity index (χ4v) is 0.911. The molecule has 0 aliphatic carbocycles. The number of nitrogens with one attached hydrogen (secondary N) is 1. The van der Waals surface area contributed by atoms with Gasteiger partial charge in [0.1, 0.15) is 0 Å². The molecule has 0 radical (unpaired) electrons. The second kappa shape index (κ2) is 3.88. The van der Waals surface area contributed by atoms with Gasteiger partial charge in [0, 0.05) is 12.6 Å². The van der Waals surface area contributed by atoms with E-state index in [9.17, 15) is 0 Å². The molecule has 54 valence electrons. The van der Waals surface area contributed by atoms with Gasteiger partial charge in [-0.2, -0.15) is 0 Å². The maximum absolute atomic E-state index is 8.58. The van der Waals surface area contributed by atoms with Gasteiger partial charge in [-0.3, -0.25) is 0 Å². The van der Waals surface area contributed by atoms with Crippen molar-refractivity contribution in [3.8, 4) is 0 Å². The monoisotopic (exact) mass is 149 g/mol. The number of hydrogen-bond acceptors (Lipinski definition) is 2. The molecule has 0 aromatic heterocycles. The lowest BCUT2D eigenvalue weighted by atomic mass is 10.2. The average molecular weight is 150 g/mol. The Labute approximate surface area is 61.4 Å². The van der Waals surface area contributed by atoms with Crippen LogP contribution in [0, 0.1) is 0 Å². The molecule has 0 unspecified atom stereocenters. The summed E-state index contributed by atoms with van der Waals surface area (Å²) in [5.41, 5.74) is 1.20. The molecule has 0 spiro atoms. The zero-order chi connectivity index (χ0) is 5.98. The van der Waals surface area contributed by atoms with Crippen LogP contribution in [0.15, 0.2) is 12.2 Å². The minimum Gasteiger partial charge on any atom is -0.395 e. The quantitative estimate of drug-likeness (QED) is 0.527. The van der Waals surface area contributed by atoms with E-state index in [4.69, 9.17) is 5.11 Å². The summed E-state index contributed by atoms with van der Waals surface area (Å²) in [5.74, 6) is 0. The van der Waals surface area contributed by atoms with Crippen molar-refractivity contribution in [2.75, 3.05) is 13.2 Å². The molecule has 1 aliphatic heterocycles. The van der Waals surface area contributed by atoms with Gasteiger partial charge in [0.05, 0.1) is 6.61 Å². The van der Waals surface area contributed by atoms with Gasteiger partial charge in [-0.25, -0.2) is 0 Å². The predicted octanol–water partition coefficient (Wildman–Crippen LogP) is 0.319. The summed E-state index contributed by atoms with van der Waals surface area (Å²) in [7, 11) is 0. The van der Waals surface area contributed by atoms with Crippen molar-refractivity contribution in [3.63, 3.8) is 0 Å². The van der Waals surface area contributed by atoms with Crippen molar-refractivity contribution in [2.24, 2.45) is 0 Å². The molecular formula is C6H12ClNO. The SMILES string of the molecule is C=C1CN[C@@H](CO)C1.Cl. The van der Waals surface area contributed by atoms with Crippen molar-refractivity contribution in [3.05, 3.63) is 12.2 Å². The highest BCUT2D eigenvalue weighted by Crippen LogP contribution is 2.08. The number of aliphatic hydroxyl groups excluding tert-OH is 1. The molecule has 1 atom stereocenters. The van der Waals surface area contributed by atoms with E-state index in [0.29, 0.717) is 0 Å². The lowest BCUT2D eigenvalue weighted by molar-refractivity contribution is 0.256. The van der Waals surface area contributed by atoms with Crippen LogP contribution in [0.1, 0.15) is 6.42 Å². The maximum Gasteiger partial charge on any atom is 0.0587 e. The topological polar surface area (TPSA) is 32.3 Å². The molecule has 1 saturated heterocycles. The molecule has 0 bridgehead atoms. The second-order valence-electron chi connectivity index (χ2n) is 2.21. The molecule has 1 aliphatic rings. The van der Waals surface area contributed by atoms with Gasteiger partial charge in [0.2, 0.25) is 0 Å². The van der Waals surface area contributed by atoms with Crippen LogP contribution in [0.3, 0.4) is 0 Å². The Balaban J connectivity index is 0.000000640. The van der Waals surface area contributed by atoms with Crippen molar-refractivity contribution in [2.45, 2.75) is 12.5 Å². The largest absolute Gasteiger partial charge is 0.395 e. The highest BCUT2D eigenvalue weighted by molar-refractivity contribution is 5.85. The lowest BCUT2D eigenvalue weighted by Crippen LogP contribution is -2.24. The molecule has 0 aromatic carbocycles. The molecular weight excluding hydrogens is 138 g/mol. The third-order valence-electron chi connectivity index (χ3n) is 1.40. The first kappa shape index (κ1) is 8.95. The molecule has 3 heteroatoms. The molecule has 0 aromatic rings. The molecule has 1 heterocycles. The fourth-order valence-electron chi connectivity index (χ4n) is 0.911. The van der Waals surface area contributed by atoms with Crippen molar-refractivity contribution >= 4 is 12.4 Å². The summed E-state index contributed by atoms with van der Waals surface area (Å²) >= 11 is 0. The van der Waals surface area contributed by atoms with Gasteiger partial charge in [-0.15, -0.1) is 12.4 Å². The van der Waals surface area contributed by atoms with E-state index in [1.54, 1.807) is 0 Å². The summed E-state index contributed by atoms with van der Waals surface area (Å²) in [6.07, 6.45) is 0.941. The van der Waals surface area contributed by atoms with E-state index in [1.807, 2.05) is 0 Å². The molecule has 2 N–H and O–H groups in total. The minimum atomic E-state index is 0. The molecule has 0 amide bonds. The van der Waals surface area contributed by atoms with E-state index in [0.717, 1.165) is 13.0 Å². The van der Waals surface area contributed by atoms with E-state index < -0.39 is 0 Å². The molecule has 9 heavy (non-hydrogen) atoms. The van der Waals surface area contributed by atoms with Crippen LogP contribution in [0.5, 0.6) is 0 Å². The first-order chi connectivity index (χ1) is 3.83. The number of halogens is 1. The summed E-state index contributed by atoms with van der Waals surface area (Å²) in [4.78, 5) is 0. The van der Waals surface area contributed by atoms with Gasteiger partial charge in [0.15, 0.2) is 0 Å². The van der Waals surface area contributed by atoms with Crippen LogP contribution in [-0.2, 0) is 0 Å². The number of rotatable bonds is 1. The molecule has 1 fully saturated rings. The van der Waals surface area contributed by atoms with Crippen LogP contribution in [0.2, 0.25) is 0 Å². The van der Waals surface area contributed by atoms with Crippen LogP contribution >= 0.6 is 12.4 Å². The second-order valence-corrected chi connectivity index (χ2v) is 2.21. The van der Waals surface area contributed by atoms with Crippen molar-refractivity contribution in [1.82, 2.24) is 5.32 Å². The Morgan fingerprint density at radius 3 is 2.67 bits per heavy atom. The van der Waals surface area contributed by atoms with Crippen molar-refractivity contribution in [1.29, 1.82) is 0 Å². The van der Waals surface area contributed by atoms with Gasteiger partial charge >= 0.3 is 0 Å². The third-order valence-corrected chi connectivity index (χ3v) is 1.40. The highest BCUT2D eigenvalue weighted by atomic mass is 35.5. The first-order valence-electron chi connectivity index (χ1n) is 2.84. The molecule has 2 nitrogen and oxygen atoms in total. The maximum atomic E-state index is 8.58. The fraction of sp³-hybridized carbons (Fsp3) is 0.667. The normalized spacial score (nSPS) is 25.9. The van der Waals surface area contributed by atoms with Crippen molar-refractivity contribution < 1.29 is 5.11 Å². The standard InChI is InChI=1S/C6H11NO.ClH/c1-5-2-6(4-8)7-3-5;/h6-8H,1-4H2;1H/t6-;/m1./s1. The Hall–Kier alpha value is -0.0500. The average Bonchev–Trinajstić information content (AvgIpc) is 2.14. The highest BCUT2D eigenvalue weighted by Gasteiger charge is 2.14. The minimum absolute atomic E-state index is 0. The first-order valence-corrected chi connectivity index (χ1v) is 2.84. The predicted molar refractivity (Wildman–Crippen MR) is 39.9 cm³/mol. The van der Waals surface area contributed by atoms with Crippen LogP contribution in [0.4, 0.5) is 0 Å². The Kier molecular flexibility index (Phi) is 3.86. The smallest absolute Gasteiger partial charge is 0.0587 e. The summed E-state index contributed by atoms with van der Waals surface area (Å²) in [6, 6.07) is 0.280. The Morgan fingerprint density at radius 2 is 2.44 bits per heavy atom. The van der Waals surface area contributed by atoms with Gasteiger partial charge in [0.25, 0.3) is 0 Å². The third kappa shape index (κ3) is 2.35. The molecule has 1 rings (SSSR count). The van der Waals surface area contributed by atoms with E-state index in [1.165, 1.54) is 5.57 Å². The van der Waals surface area contributed by atoms with Crippen LogP contribution < -0.4 is 5.32 Å². The van der Waals surface area contributed by atoms with Crippen LogP contribution in [-0.4, -0.2) is 24.3 Å². The zero-order valence-electron chi connectivity index (χ0n) is 5.26. The Morgan fingerprint density at radius 1 is 1.78 bits per heavy atom. The van der Waals surface area contributed by atoms with Gasteiger partial charge in [-0.1, -0.05) is 12.2 Å². The van der Waals surface area contributed by atoms with E-state index >= 15 is 0 Å². The number of aliphatic hydroxyl groups is 1. The Bertz CT molecular complexity index is 105. The van der Waals surface area contributed by atoms with E-state index in [-0.39, 0.29) is 25.1 Å². The number of hydrogen-bond donors (Lipinski definition) is 2. The van der Waals surface area contributed by atoms with Gasteiger partial charge < -0.3 is 10.4 Å². The van der Waals surface area contributed by atoms with E-state index in [2.05, 4.69) is 11.9 Å². The lowest BCUT2D eigenvalue weighted by Gasteiger charge is -2.01. The van der Waals surface area contributed by atoms with Crippen LogP contribution in [0.25, 0.3) is 0 Å². The summed E-state index contributed by atoms with van der Waals surface area (Å²) < 4.78 is 0. The molecule has 0 saturated carbocycles. The summed E-state index contributed by atoms with van der Waals surface area (Å²) in [5, 5.41) is 11.7. The summed E-state index contributed by atoms with van der Waals surface area (Å²) in [6.45, 7) is 4.89.